The summed E-state index contributed by atoms with van der Waals surface area (Å²) in [6.07, 6.45) is 1.84. The molecule has 0 atom stereocenters. The third-order valence-corrected chi connectivity index (χ3v) is 1.60. The van der Waals surface area contributed by atoms with Gasteiger partial charge in [-0.25, -0.2) is 0 Å². The Morgan fingerprint density at radius 1 is 1.55 bits per heavy atom. The van der Waals surface area contributed by atoms with E-state index in [0.717, 1.165) is 12.8 Å². The fourth-order valence-electron chi connectivity index (χ4n) is 0.847. The molecule has 0 unspecified atom stereocenters. The van der Waals surface area contributed by atoms with Gasteiger partial charge in [0.15, 0.2) is 0 Å². The fraction of sp³-hybridized carbons (Fsp3) is 0.875. The highest BCUT2D eigenvalue weighted by molar-refractivity contribution is 5.74. The van der Waals surface area contributed by atoms with Gasteiger partial charge in [0, 0.05) is 6.92 Å². The molecule has 66 valence electrons. The fourth-order valence-corrected chi connectivity index (χ4v) is 0.847. The second-order valence-electron chi connectivity index (χ2n) is 2.62. The van der Waals surface area contributed by atoms with Crippen molar-refractivity contribution < 1.29 is 9.90 Å². The third-order valence-electron chi connectivity index (χ3n) is 1.60. The molecule has 3 heteroatoms. The van der Waals surface area contributed by atoms with Gasteiger partial charge in [-0.3, -0.25) is 4.79 Å². The van der Waals surface area contributed by atoms with Crippen LogP contribution >= 0.6 is 0 Å². The molecule has 11 heavy (non-hydrogen) atoms. The Hall–Kier alpha value is -0.570. The van der Waals surface area contributed by atoms with Crippen molar-refractivity contribution >= 4 is 5.91 Å². The average Bonchev–Trinajstić information content (AvgIpc) is 2.73. The van der Waals surface area contributed by atoms with Crippen LogP contribution in [0.5, 0.6) is 0 Å². The summed E-state index contributed by atoms with van der Waals surface area (Å²) >= 11 is 0. The van der Waals surface area contributed by atoms with Crippen LogP contribution in [0.3, 0.4) is 0 Å². The molecule has 0 aliphatic heterocycles. The van der Waals surface area contributed by atoms with E-state index in [1.165, 1.54) is 6.92 Å². The van der Waals surface area contributed by atoms with E-state index in [1.54, 1.807) is 0 Å². The van der Waals surface area contributed by atoms with Gasteiger partial charge < -0.3 is 10.4 Å². The Bertz CT molecular complexity index is 130. The normalized spacial score (nSPS) is 17.8. The van der Waals surface area contributed by atoms with Gasteiger partial charge in [-0.15, -0.1) is 0 Å². The zero-order valence-corrected chi connectivity index (χ0v) is 7.48. The van der Waals surface area contributed by atoms with E-state index in [9.17, 15) is 4.79 Å². The first-order valence-corrected chi connectivity index (χ1v) is 4.08. The molecular weight excluding hydrogens is 142 g/mol. The molecule has 0 saturated heterocycles. The predicted octanol–water partition coefficient (Wildman–Crippen LogP) is 0.674. The van der Waals surface area contributed by atoms with E-state index < -0.39 is 0 Å². The van der Waals surface area contributed by atoms with Gasteiger partial charge in [-0.2, -0.15) is 0 Å². The number of nitrogens with one attached hydrogen (secondary N) is 1. The number of hydrogen-bond donors (Lipinski definition) is 2. The third kappa shape index (κ3) is 3.37. The Kier molecular flexibility index (Phi) is 4.11. The van der Waals surface area contributed by atoms with Crippen LogP contribution in [0.4, 0.5) is 0 Å². The van der Waals surface area contributed by atoms with Crippen molar-refractivity contribution in [1.29, 1.82) is 0 Å². The number of carbonyl (C=O) groups is 1. The summed E-state index contributed by atoms with van der Waals surface area (Å²) in [5.41, 5.74) is -0.230. The van der Waals surface area contributed by atoms with Crippen LogP contribution in [0.15, 0.2) is 0 Å². The minimum absolute atomic E-state index is 0.0541. The number of rotatable bonds is 2. The first kappa shape index (κ1) is 10.4. The lowest BCUT2D eigenvalue weighted by Gasteiger charge is -2.10. The Morgan fingerprint density at radius 3 is 2.09 bits per heavy atom. The second-order valence-corrected chi connectivity index (χ2v) is 2.62. The number of hydrogen-bond acceptors (Lipinski definition) is 2. The second kappa shape index (κ2) is 4.34. The molecule has 1 fully saturated rings. The summed E-state index contributed by atoms with van der Waals surface area (Å²) in [5.74, 6) is -0.0541. The van der Waals surface area contributed by atoms with Gasteiger partial charge in [0.1, 0.15) is 0 Å². The molecule has 1 aliphatic rings. The van der Waals surface area contributed by atoms with Crippen molar-refractivity contribution in [2.45, 2.75) is 39.2 Å². The van der Waals surface area contributed by atoms with E-state index in [0.29, 0.717) is 0 Å². The highest BCUT2D eigenvalue weighted by atomic mass is 16.3. The van der Waals surface area contributed by atoms with E-state index in [-0.39, 0.29) is 18.1 Å². The molecule has 0 heterocycles. The standard InChI is InChI=1S/C6H11NO2.C2H6/c1-5(9)7-6(4-8)2-3-6;1-2/h8H,2-4H2,1H3,(H,7,9);1-2H3. The molecule has 1 saturated carbocycles. The van der Waals surface area contributed by atoms with Crippen molar-refractivity contribution in [1.82, 2.24) is 5.32 Å². The van der Waals surface area contributed by atoms with E-state index in [1.807, 2.05) is 13.8 Å². The summed E-state index contributed by atoms with van der Waals surface area (Å²) in [4.78, 5) is 10.4. The van der Waals surface area contributed by atoms with Gasteiger partial charge in [0.2, 0.25) is 5.91 Å². The molecule has 1 aliphatic carbocycles. The zero-order chi connectivity index (χ0) is 8.91. The van der Waals surface area contributed by atoms with Crippen molar-refractivity contribution in [3.8, 4) is 0 Å². The number of aliphatic hydroxyl groups excluding tert-OH is 1. The van der Waals surface area contributed by atoms with Gasteiger partial charge in [0.25, 0.3) is 0 Å². The summed E-state index contributed by atoms with van der Waals surface area (Å²) in [6, 6.07) is 0. The first-order valence-electron chi connectivity index (χ1n) is 4.08. The maximum absolute atomic E-state index is 10.4. The van der Waals surface area contributed by atoms with Crippen LogP contribution < -0.4 is 5.32 Å². The maximum Gasteiger partial charge on any atom is 0.217 e. The van der Waals surface area contributed by atoms with Crippen LogP contribution in [-0.4, -0.2) is 23.2 Å². The van der Waals surface area contributed by atoms with Crippen molar-refractivity contribution in [3.63, 3.8) is 0 Å². The lowest BCUT2D eigenvalue weighted by molar-refractivity contribution is -0.120. The Morgan fingerprint density at radius 2 is 2.00 bits per heavy atom. The molecule has 3 nitrogen and oxygen atoms in total. The number of amides is 1. The number of carbonyl (C=O) groups excluding carboxylic acids is 1. The van der Waals surface area contributed by atoms with Crippen molar-refractivity contribution in [2.75, 3.05) is 6.61 Å². The molecule has 0 aromatic rings. The number of aliphatic hydroxyl groups is 1. The molecule has 0 aromatic heterocycles. The van der Waals surface area contributed by atoms with Gasteiger partial charge >= 0.3 is 0 Å². The van der Waals surface area contributed by atoms with Gasteiger partial charge in [0.05, 0.1) is 12.1 Å². The van der Waals surface area contributed by atoms with Crippen molar-refractivity contribution in [2.24, 2.45) is 0 Å². The minimum atomic E-state index is -0.230. The van der Waals surface area contributed by atoms with Gasteiger partial charge in [-0.05, 0) is 12.8 Å². The Labute approximate surface area is 67.8 Å². The van der Waals surface area contributed by atoms with E-state index >= 15 is 0 Å². The molecule has 0 bridgehead atoms. The lowest BCUT2D eigenvalue weighted by Crippen LogP contribution is -2.37. The molecule has 0 aromatic carbocycles. The summed E-state index contributed by atoms with van der Waals surface area (Å²) in [5, 5.41) is 11.4. The quantitative estimate of drug-likeness (QED) is 0.622. The molecule has 0 radical (unpaired) electrons. The monoisotopic (exact) mass is 159 g/mol. The summed E-state index contributed by atoms with van der Waals surface area (Å²) in [7, 11) is 0. The van der Waals surface area contributed by atoms with E-state index in [2.05, 4.69) is 5.32 Å². The van der Waals surface area contributed by atoms with E-state index in [4.69, 9.17) is 5.11 Å². The largest absolute Gasteiger partial charge is 0.394 e. The zero-order valence-electron chi connectivity index (χ0n) is 7.48. The molecule has 2 N–H and O–H groups in total. The van der Waals surface area contributed by atoms with Crippen LogP contribution in [0.25, 0.3) is 0 Å². The highest BCUT2D eigenvalue weighted by Crippen LogP contribution is 2.34. The maximum atomic E-state index is 10.4. The molecule has 1 rings (SSSR count). The summed E-state index contributed by atoms with van der Waals surface area (Å²) < 4.78 is 0. The molecule has 1 amide bonds. The van der Waals surface area contributed by atoms with Gasteiger partial charge in [-0.1, -0.05) is 13.8 Å². The summed E-state index contributed by atoms with van der Waals surface area (Å²) in [6.45, 7) is 5.54. The first-order chi connectivity index (χ1) is 5.18. The molecular formula is C8H17NO2. The van der Waals surface area contributed by atoms with Crippen LogP contribution in [0.1, 0.15) is 33.6 Å². The average molecular weight is 159 g/mol. The topological polar surface area (TPSA) is 49.3 Å². The highest BCUT2D eigenvalue weighted by Gasteiger charge is 2.42. The smallest absolute Gasteiger partial charge is 0.217 e. The lowest BCUT2D eigenvalue weighted by atomic mass is 10.3. The van der Waals surface area contributed by atoms with Crippen LogP contribution in [0.2, 0.25) is 0 Å². The predicted molar refractivity (Wildman–Crippen MR) is 44.2 cm³/mol. The SMILES string of the molecule is CC.CC(=O)NC1(CO)CC1. The van der Waals surface area contributed by atoms with Crippen LogP contribution in [-0.2, 0) is 4.79 Å². The molecule has 0 spiro atoms. The Balaban J connectivity index is 0.000000461. The minimum Gasteiger partial charge on any atom is -0.394 e. The van der Waals surface area contributed by atoms with Crippen molar-refractivity contribution in [3.05, 3.63) is 0 Å². The van der Waals surface area contributed by atoms with Crippen LogP contribution in [0, 0.1) is 0 Å².